The largest absolute Gasteiger partial charge is 0.490 e. The van der Waals surface area contributed by atoms with E-state index in [1.165, 1.54) is 5.56 Å². The molecule has 2 atom stereocenters. The Morgan fingerprint density at radius 3 is 2.62 bits per heavy atom. The lowest BCUT2D eigenvalue weighted by molar-refractivity contribution is -0.116. The monoisotopic (exact) mass is 458 g/mol. The molecule has 174 valence electrons. The van der Waals surface area contributed by atoms with Crippen LogP contribution in [0.3, 0.4) is 0 Å². The van der Waals surface area contributed by atoms with Gasteiger partial charge in [-0.1, -0.05) is 35.9 Å². The molecule has 1 aliphatic carbocycles. The van der Waals surface area contributed by atoms with Gasteiger partial charge in [-0.15, -0.1) is 0 Å². The number of benzene rings is 2. The number of aromatic nitrogens is 3. The number of allylic oxidation sites excluding steroid dienone is 2. The molecule has 3 aromatic rings. The van der Waals surface area contributed by atoms with Gasteiger partial charge in [0, 0.05) is 24.1 Å². The summed E-state index contributed by atoms with van der Waals surface area (Å²) in [6, 6.07) is 13.7. The van der Waals surface area contributed by atoms with Gasteiger partial charge in [-0.25, -0.2) is 4.68 Å². The summed E-state index contributed by atoms with van der Waals surface area (Å²) >= 11 is 0. The van der Waals surface area contributed by atoms with Crippen LogP contribution in [-0.2, 0) is 11.4 Å². The van der Waals surface area contributed by atoms with Crippen LogP contribution in [0.25, 0.3) is 0 Å². The van der Waals surface area contributed by atoms with E-state index in [2.05, 4.69) is 46.6 Å². The maximum absolute atomic E-state index is 13.6. The molecule has 0 saturated heterocycles. The van der Waals surface area contributed by atoms with Gasteiger partial charge in [-0.05, 0) is 42.5 Å². The van der Waals surface area contributed by atoms with Gasteiger partial charge >= 0.3 is 0 Å². The van der Waals surface area contributed by atoms with Crippen molar-refractivity contribution in [1.82, 2.24) is 14.8 Å². The molecule has 1 aromatic heterocycles. The highest BCUT2D eigenvalue weighted by atomic mass is 16.5. The quantitative estimate of drug-likeness (QED) is 0.618. The molecular formula is C26H26N4O4. The predicted octanol–water partition coefficient (Wildman–Crippen LogP) is 3.66. The second-order valence-corrected chi connectivity index (χ2v) is 9.07. The first-order valence-electron chi connectivity index (χ1n) is 11.7. The highest BCUT2D eigenvalue weighted by Crippen LogP contribution is 2.45. The number of nitrogens with one attached hydrogen (secondary N) is 1. The summed E-state index contributed by atoms with van der Waals surface area (Å²) in [5, 5.41) is 17.5. The maximum Gasteiger partial charge on any atom is 0.226 e. The van der Waals surface area contributed by atoms with Crippen LogP contribution in [0.4, 0.5) is 5.95 Å². The smallest absolute Gasteiger partial charge is 0.226 e. The summed E-state index contributed by atoms with van der Waals surface area (Å²) < 4.78 is 13.4. The number of aliphatic hydroxyl groups excluding tert-OH is 1. The second kappa shape index (κ2) is 8.29. The lowest BCUT2D eigenvalue weighted by Crippen LogP contribution is -2.33. The van der Waals surface area contributed by atoms with Crippen molar-refractivity contribution in [3.8, 4) is 11.5 Å². The van der Waals surface area contributed by atoms with Crippen LogP contribution in [0.2, 0.25) is 0 Å². The summed E-state index contributed by atoms with van der Waals surface area (Å²) in [6.07, 6.45) is 1.95. The Labute approximate surface area is 197 Å². The fourth-order valence-electron chi connectivity index (χ4n) is 5.06. The molecule has 0 bridgehead atoms. The highest BCUT2D eigenvalue weighted by molar-refractivity contribution is 6.00. The minimum absolute atomic E-state index is 0.0862. The Hall–Kier alpha value is -3.65. The van der Waals surface area contributed by atoms with Crippen LogP contribution in [-0.4, -0.2) is 38.9 Å². The number of aryl methyl sites for hydroxylation is 1. The van der Waals surface area contributed by atoms with E-state index < -0.39 is 6.04 Å². The summed E-state index contributed by atoms with van der Waals surface area (Å²) in [4.78, 5) is 18.1. The predicted molar refractivity (Wildman–Crippen MR) is 125 cm³/mol. The molecule has 2 N–H and O–H groups in total. The number of rotatable bonds is 3. The first-order chi connectivity index (χ1) is 16.6. The molecular weight excluding hydrogens is 432 g/mol. The number of nitrogens with zero attached hydrogens (tertiary/aromatic N) is 3. The minimum Gasteiger partial charge on any atom is -0.490 e. The van der Waals surface area contributed by atoms with Crippen molar-refractivity contribution in [3.63, 3.8) is 0 Å². The number of carbonyl (C=O) groups is 1. The number of fused-ring (bicyclic) bond motifs is 2. The third-order valence-corrected chi connectivity index (χ3v) is 6.74. The number of carbonyl (C=O) groups excluding carboxylic acids is 1. The maximum atomic E-state index is 13.6. The van der Waals surface area contributed by atoms with Crippen molar-refractivity contribution in [2.24, 2.45) is 0 Å². The van der Waals surface area contributed by atoms with Gasteiger partial charge in [-0.2, -0.15) is 10.1 Å². The zero-order valence-electron chi connectivity index (χ0n) is 19.0. The van der Waals surface area contributed by atoms with Gasteiger partial charge < -0.3 is 19.9 Å². The summed E-state index contributed by atoms with van der Waals surface area (Å²) in [5.74, 6) is 2.38. The Morgan fingerprint density at radius 2 is 1.82 bits per heavy atom. The van der Waals surface area contributed by atoms with E-state index in [1.807, 2.05) is 18.2 Å². The molecule has 8 heteroatoms. The number of hydrogen-bond donors (Lipinski definition) is 2. The number of aliphatic hydroxyl groups is 1. The van der Waals surface area contributed by atoms with Crippen LogP contribution >= 0.6 is 0 Å². The lowest BCUT2D eigenvalue weighted by atomic mass is 9.78. The zero-order valence-corrected chi connectivity index (χ0v) is 19.0. The number of hydrogen-bond acceptors (Lipinski definition) is 7. The summed E-state index contributed by atoms with van der Waals surface area (Å²) in [5.41, 5.74) is 4.78. The number of anilines is 1. The van der Waals surface area contributed by atoms with E-state index in [-0.39, 0.29) is 18.3 Å². The van der Waals surface area contributed by atoms with Gasteiger partial charge in [-0.3, -0.25) is 4.79 Å². The first kappa shape index (κ1) is 20.9. The number of ketones is 1. The topological polar surface area (TPSA) is 98.5 Å². The summed E-state index contributed by atoms with van der Waals surface area (Å²) in [7, 11) is 0. The van der Waals surface area contributed by atoms with Crippen molar-refractivity contribution >= 4 is 11.7 Å². The molecule has 3 aliphatic rings. The summed E-state index contributed by atoms with van der Waals surface area (Å²) in [6.45, 7) is 2.97. The Bertz CT molecular complexity index is 1290. The fourth-order valence-corrected chi connectivity index (χ4v) is 5.06. The van der Waals surface area contributed by atoms with E-state index in [1.54, 1.807) is 4.68 Å². The highest BCUT2D eigenvalue weighted by Gasteiger charge is 2.40. The van der Waals surface area contributed by atoms with Gasteiger partial charge in [0.05, 0.1) is 13.2 Å². The fraction of sp³-hybridized carbons (Fsp3) is 0.346. The molecule has 2 aromatic carbocycles. The van der Waals surface area contributed by atoms with E-state index in [0.29, 0.717) is 54.9 Å². The number of ether oxygens (including phenoxy) is 2. The van der Waals surface area contributed by atoms with E-state index >= 15 is 0 Å². The average Bonchev–Trinajstić information content (AvgIpc) is 3.11. The molecule has 34 heavy (non-hydrogen) atoms. The van der Waals surface area contributed by atoms with Crippen LogP contribution in [0, 0.1) is 6.92 Å². The van der Waals surface area contributed by atoms with Gasteiger partial charge in [0.1, 0.15) is 12.6 Å². The van der Waals surface area contributed by atoms with Crippen molar-refractivity contribution in [2.45, 2.75) is 44.8 Å². The van der Waals surface area contributed by atoms with E-state index in [0.717, 1.165) is 23.2 Å². The first-order valence-corrected chi connectivity index (χ1v) is 11.7. The van der Waals surface area contributed by atoms with Gasteiger partial charge in [0.2, 0.25) is 5.95 Å². The molecule has 2 unspecified atom stereocenters. The van der Waals surface area contributed by atoms with Crippen molar-refractivity contribution in [1.29, 1.82) is 0 Å². The van der Waals surface area contributed by atoms with Crippen molar-refractivity contribution in [3.05, 3.63) is 76.2 Å². The van der Waals surface area contributed by atoms with Gasteiger partial charge in [0.25, 0.3) is 0 Å². The SMILES string of the molecule is Cc1ccc(C2CC(=O)C3=C(C2)Nc2nc(CO)nn2C3c2ccc3c(c2)OCCCO3)cc1. The molecule has 0 saturated carbocycles. The Morgan fingerprint density at radius 1 is 1.06 bits per heavy atom. The molecule has 2 aliphatic heterocycles. The van der Waals surface area contributed by atoms with Crippen LogP contribution in [0.15, 0.2) is 53.7 Å². The third kappa shape index (κ3) is 3.54. The second-order valence-electron chi connectivity index (χ2n) is 9.07. The molecule has 0 fully saturated rings. The molecule has 6 rings (SSSR count). The van der Waals surface area contributed by atoms with E-state index in [9.17, 15) is 9.90 Å². The molecule has 8 nitrogen and oxygen atoms in total. The standard InChI is InChI=1S/C26H26N4O4/c1-15-3-5-16(6-4-15)18-11-19-24(20(32)12-18)25(30-26(27-19)28-23(14-31)29-30)17-7-8-21-22(13-17)34-10-2-9-33-21/h3-8,13,18,25,31H,2,9-12,14H2,1H3,(H,27,28,29). The van der Waals surface area contributed by atoms with E-state index in [4.69, 9.17) is 9.47 Å². The van der Waals surface area contributed by atoms with Crippen molar-refractivity contribution < 1.29 is 19.4 Å². The zero-order chi connectivity index (χ0) is 23.2. The molecule has 3 heterocycles. The van der Waals surface area contributed by atoms with Gasteiger partial charge in [0.15, 0.2) is 23.1 Å². The van der Waals surface area contributed by atoms with Crippen LogP contribution < -0.4 is 14.8 Å². The normalized spacial score (nSPS) is 21.4. The Balaban J connectivity index is 1.44. The molecule has 0 radical (unpaired) electrons. The Kier molecular flexibility index (Phi) is 5.10. The lowest BCUT2D eigenvalue weighted by Gasteiger charge is -2.35. The van der Waals surface area contributed by atoms with Crippen molar-refractivity contribution in [2.75, 3.05) is 18.5 Å². The third-order valence-electron chi connectivity index (χ3n) is 6.74. The average molecular weight is 459 g/mol. The van der Waals surface area contributed by atoms with Crippen LogP contribution in [0.5, 0.6) is 11.5 Å². The minimum atomic E-state index is -0.456. The number of Topliss-reactive ketones (excluding diaryl/α,β-unsaturated/α-hetero) is 1. The molecule has 0 spiro atoms. The van der Waals surface area contributed by atoms with Crippen LogP contribution in [0.1, 0.15) is 53.7 Å². The molecule has 0 amide bonds.